The van der Waals surface area contributed by atoms with Gasteiger partial charge in [-0.1, -0.05) is 12.1 Å². The number of likely N-dealkylation sites (tertiary alicyclic amines) is 1. The maximum atomic E-state index is 12.3. The van der Waals surface area contributed by atoms with E-state index < -0.39 is 5.60 Å². The van der Waals surface area contributed by atoms with Crippen LogP contribution in [0.25, 0.3) is 0 Å². The molecule has 0 aromatic heterocycles. The van der Waals surface area contributed by atoms with Gasteiger partial charge in [-0.2, -0.15) is 0 Å². The molecule has 5 heteroatoms. The van der Waals surface area contributed by atoms with E-state index in [-0.39, 0.29) is 18.3 Å². The second kappa shape index (κ2) is 5.48. The molecule has 3 rings (SSSR count). The van der Waals surface area contributed by atoms with Gasteiger partial charge in [-0.25, -0.2) is 0 Å². The smallest absolute Gasteiger partial charge is 0.248 e. The van der Waals surface area contributed by atoms with Crippen LogP contribution < -0.4 is 4.74 Å². The summed E-state index contributed by atoms with van der Waals surface area (Å²) in [6.45, 7) is 3.54. The van der Waals surface area contributed by atoms with Crippen LogP contribution in [0, 0.1) is 0 Å². The number of hydrogen-bond donors (Lipinski definition) is 0. The molecule has 112 valence electrons. The minimum absolute atomic E-state index is 0.0383. The Kier molecular flexibility index (Phi) is 3.68. The molecule has 2 heterocycles. The molecule has 0 saturated carbocycles. The molecule has 0 radical (unpaired) electrons. The van der Waals surface area contributed by atoms with Crippen LogP contribution in [0.1, 0.15) is 30.1 Å². The van der Waals surface area contributed by atoms with Crippen LogP contribution in [-0.4, -0.2) is 48.5 Å². The number of ether oxygens (including phenoxy) is 2. The Balaban J connectivity index is 1.73. The molecule has 0 N–H and O–H groups in total. The van der Waals surface area contributed by atoms with Crippen LogP contribution in [-0.2, 0) is 9.53 Å². The third kappa shape index (κ3) is 2.65. The highest BCUT2D eigenvalue weighted by Gasteiger charge is 2.46. The first-order chi connectivity index (χ1) is 10.1. The highest BCUT2D eigenvalue weighted by molar-refractivity contribution is 6.00. The largest absolute Gasteiger partial charge is 0.484 e. The minimum Gasteiger partial charge on any atom is -0.484 e. The van der Waals surface area contributed by atoms with Gasteiger partial charge in [-0.15, -0.1) is 0 Å². The first-order valence-corrected chi connectivity index (χ1v) is 7.30. The summed E-state index contributed by atoms with van der Waals surface area (Å²) in [5.74, 6) is 0.687. The third-order valence-corrected chi connectivity index (χ3v) is 4.10. The zero-order valence-corrected chi connectivity index (χ0v) is 12.1. The van der Waals surface area contributed by atoms with Crippen molar-refractivity contribution >= 4 is 11.7 Å². The summed E-state index contributed by atoms with van der Waals surface area (Å²) < 4.78 is 11.2. The molecule has 2 aliphatic heterocycles. The lowest BCUT2D eigenvalue weighted by molar-refractivity contribution is -0.135. The molecule has 5 nitrogen and oxygen atoms in total. The highest BCUT2D eigenvalue weighted by atomic mass is 16.5. The van der Waals surface area contributed by atoms with Crippen LogP contribution in [0.15, 0.2) is 24.3 Å². The van der Waals surface area contributed by atoms with Gasteiger partial charge >= 0.3 is 0 Å². The van der Waals surface area contributed by atoms with Gasteiger partial charge in [0, 0.05) is 19.6 Å². The molecule has 21 heavy (non-hydrogen) atoms. The van der Waals surface area contributed by atoms with Crippen molar-refractivity contribution in [2.24, 2.45) is 0 Å². The topological polar surface area (TPSA) is 55.8 Å². The second-order valence-corrected chi connectivity index (χ2v) is 5.58. The van der Waals surface area contributed by atoms with Crippen molar-refractivity contribution in [3.8, 4) is 5.75 Å². The van der Waals surface area contributed by atoms with E-state index in [0.29, 0.717) is 43.9 Å². The van der Waals surface area contributed by atoms with Crippen molar-refractivity contribution in [3.63, 3.8) is 0 Å². The molecular weight excluding hydrogens is 270 g/mol. The number of rotatable bonds is 3. The number of para-hydroxylation sites is 1. The number of carbonyl (C=O) groups is 2. The SMILES string of the molecule is CCOCC(=O)N1CCC2(CC(=O)c3ccccc3O2)C1. The van der Waals surface area contributed by atoms with Crippen LogP contribution >= 0.6 is 0 Å². The van der Waals surface area contributed by atoms with E-state index in [0.717, 1.165) is 0 Å². The van der Waals surface area contributed by atoms with Crippen molar-refractivity contribution < 1.29 is 19.1 Å². The monoisotopic (exact) mass is 289 g/mol. The average molecular weight is 289 g/mol. The van der Waals surface area contributed by atoms with Gasteiger partial charge in [0.15, 0.2) is 5.78 Å². The maximum absolute atomic E-state index is 12.3. The van der Waals surface area contributed by atoms with Gasteiger partial charge in [0.25, 0.3) is 0 Å². The summed E-state index contributed by atoms with van der Waals surface area (Å²) in [6.07, 6.45) is 1.02. The van der Waals surface area contributed by atoms with Crippen LogP contribution in [0.3, 0.4) is 0 Å². The fourth-order valence-electron chi connectivity index (χ4n) is 3.01. The number of hydrogen-bond acceptors (Lipinski definition) is 4. The molecule has 1 fully saturated rings. The molecule has 1 spiro atoms. The predicted molar refractivity (Wildman–Crippen MR) is 76.4 cm³/mol. The van der Waals surface area contributed by atoms with Crippen molar-refractivity contribution in [1.82, 2.24) is 4.90 Å². The summed E-state index contributed by atoms with van der Waals surface area (Å²) in [6, 6.07) is 7.30. The Morgan fingerprint density at radius 1 is 1.43 bits per heavy atom. The van der Waals surface area contributed by atoms with E-state index in [1.54, 1.807) is 11.0 Å². The average Bonchev–Trinajstić information content (AvgIpc) is 2.88. The summed E-state index contributed by atoms with van der Waals surface area (Å²) in [5.41, 5.74) is 0.0788. The number of amides is 1. The van der Waals surface area contributed by atoms with Crippen molar-refractivity contribution in [2.75, 3.05) is 26.3 Å². The second-order valence-electron chi connectivity index (χ2n) is 5.58. The van der Waals surface area contributed by atoms with Gasteiger partial charge in [0.1, 0.15) is 18.0 Å². The number of carbonyl (C=O) groups excluding carboxylic acids is 2. The minimum atomic E-state index is -0.562. The molecular formula is C16H19NO4. The van der Waals surface area contributed by atoms with E-state index in [4.69, 9.17) is 9.47 Å². The van der Waals surface area contributed by atoms with Crippen molar-refractivity contribution in [3.05, 3.63) is 29.8 Å². The lowest BCUT2D eigenvalue weighted by atomic mass is 9.89. The van der Waals surface area contributed by atoms with Crippen molar-refractivity contribution in [2.45, 2.75) is 25.4 Å². The number of benzene rings is 1. The maximum Gasteiger partial charge on any atom is 0.248 e. The van der Waals surface area contributed by atoms with E-state index in [2.05, 4.69) is 0 Å². The Morgan fingerprint density at radius 3 is 3.05 bits per heavy atom. The van der Waals surface area contributed by atoms with E-state index in [9.17, 15) is 9.59 Å². The third-order valence-electron chi connectivity index (χ3n) is 4.10. The van der Waals surface area contributed by atoms with Crippen molar-refractivity contribution in [1.29, 1.82) is 0 Å². The Hall–Kier alpha value is -1.88. The van der Waals surface area contributed by atoms with Crippen LogP contribution in [0.2, 0.25) is 0 Å². The first-order valence-electron chi connectivity index (χ1n) is 7.30. The molecule has 1 amide bonds. The predicted octanol–water partition coefficient (Wildman–Crippen LogP) is 1.66. The fourth-order valence-corrected chi connectivity index (χ4v) is 3.01. The molecule has 1 saturated heterocycles. The van der Waals surface area contributed by atoms with E-state index >= 15 is 0 Å². The molecule has 1 unspecified atom stereocenters. The summed E-state index contributed by atoms with van der Waals surface area (Å²) >= 11 is 0. The Bertz CT molecular complexity index is 571. The normalized spacial score (nSPS) is 24.0. The van der Waals surface area contributed by atoms with Crippen LogP contribution in [0.5, 0.6) is 5.75 Å². The number of ketones is 1. The molecule has 1 atom stereocenters. The molecule has 0 bridgehead atoms. The zero-order chi connectivity index (χ0) is 14.9. The van der Waals surface area contributed by atoms with Gasteiger partial charge in [0.05, 0.1) is 18.5 Å². The summed E-state index contributed by atoms with van der Waals surface area (Å²) in [4.78, 5) is 26.0. The Labute approximate surface area is 123 Å². The molecule has 1 aromatic carbocycles. The van der Waals surface area contributed by atoms with E-state index in [1.807, 2.05) is 25.1 Å². The molecule has 2 aliphatic rings. The van der Waals surface area contributed by atoms with Gasteiger partial charge in [-0.3, -0.25) is 9.59 Å². The van der Waals surface area contributed by atoms with Gasteiger partial charge in [-0.05, 0) is 19.1 Å². The Morgan fingerprint density at radius 2 is 2.24 bits per heavy atom. The number of Topliss-reactive ketones (excluding diaryl/α,β-unsaturated/α-hetero) is 1. The zero-order valence-electron chi connectivity index (χ0n) is 12.1. The van der Waals surface area contributed by atoms with Gasteiger partial charge in [0.2, 0.25) is 5.91 Å². The lowest BCUT2D eigenvalue weighted by Crippen LogP contribution is -2.45. The van der Waals surface area contributed by atoms with Crippen LogP contribution in [0.4, 0.5) is 0 Å². The first kappa shape index (κ1) is 14.1. The summed E-state index contributed by atoms with van der Waals surface area (Å²) in [7, 11) is 0. The number of fused-ring (bicyclic) bond motifs is 1. The lowest BCUT2D eigenvalue weighted by Gasteiger charge is -2.34. The standard InChI is InChI=1S/C16H19NO4/c1-2-20-10-15(19)17-8-7-16(11-17)9-13(18)12-5-3-4-6-14(12)21-16/h3-6H,2,7-11H2,1H3. The summed E-state index contributed by atoms with van der Waals surface area (Å²) in [5, 5.41) is 0. The molecule has 1 aromatic rings. The number of nitrogens with zero attached hydrogens (tertiary/aromatic N) is 1. The fraction of sp³-hybridized carbons (Fsp3) is 0.500. The van der Waals surface area contributed by atoms with Gasteiger partial charge < -0.3 is 14.4 Å². The molecule has 0 aliphatic carbocycles. The van der Waals surface area contributed by atoms with E-state index in [1.165, 1.54) is 0 Å². The quantitative estimate of drug-likeness (QED) is 0.849. The highest BCUT2D eigenvalue weighted by Crippen LogP contribution is 2.38.